The molecule has 0 saturated carbocycles. The topological polar surface area (TPSA) is 235 Å². The maximum Gasteiger partial charge on any atom is 0.301 e. The van der Waals surface area contributed by atoms with E-state index < -0.39 is 46.8 Å². The third-order valence-corrected chi connectivity index (χ3v) is 9.84. The van der Waals surface area contributed by atoms with E-state index in [0.29, 0.717) is 35.5 Å². The predicted octanol–water partition coefficient (Wildman–Crippen LogP) is 3.36. The number of nitrogens with one attached hydrogen (secondary N) is 2. The zero-order valence-electron chi connectivity index (χ0n) is 31.4. The van der Waals surface area contributed by atoms with Gasteiger partial charge in [-0.3, -0.25) is 78.0 Å². The molecule has 0 fully saturated rings. The first-order valence-corrected chi connectivity index (χ1v) is 18.3. The zero-order chi connectivity index (χ0) is 42.3. The summed E-state index contributed by atoms with van der Waals surface area (Å²) in [5.74, 6) is -9.98. The Bertz CT molecular complexity index is 2400. The van der Waals surface area contributed by atoms with Gasteiger partial charge in [0.15, 0.2) is 0 Å². The van der Waals surface area contributed by atoms with Crippen LogP contribution >= 0.6 is 0 Å². The summed E-state index contributed by atoms with van der Waals surface area (Å²) in [4.78, 5) is 155. The molecule has 0 aromatic heterocycles. The van der Waals surface area contributed by atoms with E-state index in [2.05, 4.69) is 0 Å². The Kier molecular flexibility index (Phi) is 13.0. The van der Waals surface area contributed by atoms with Crippen molar-refractivity contribution in [3.8, 4) is 0 Å². The van der Waals surface area contributed by atoms with Gasteiger partial charge in [0.1, 0.15) is 0 Å². The fourth-order valence-corrected chi connectivity index (χ4v) is 7.09. The number of nitrogens with zero attached hydrogens (tertiary/aromatic N) is 2. The Hall–Kier alpha value is -7.36. The molecule has 16 heteroatoms. The van der Waals surface area contributed by atoms with Gasteiger partial charge >= 0.3 is 11.8 Å². The Morgan fingerprint density at radius 1 is 0.448 bits per heavy atom. The molecule has 58 heavy (non-hydrogen) atoms. The second kappa shape index (κ2) is 18.1. The molecular formula is C42H36N4O12. The summed E-state index contributed by atoms with van der Waals surface area (Å²) in [5, 5.41) is 4.43. The molecule has 0 heterocycles. The fourth-order valence-electron chi connectivity index (χ4n) is 7.09. The summed E-state index contributed by atoms with van der Waals surface area (Å²) >= 11 is 0. The minimum atomic E-state index is -1.35. The number of hydrogen-bond donors (Lipinski definition) is 2. The lowest BCUT2D eigenvalue weighted by Crippen LogP contribution is -2.36. The van der Waals surface area contributed by atoms with Crippen LogP contribution in [-0.4, -0.2) is 95.3 Å². The standard InChI is InChI=1S/C42H36N4O12/c1-3-5-7-17-45(21-49)41(57)37(53)29-15-11-25-26-12-16-30(38(54)42(58)46(22-50)18-8-6-4-2)34-28(36(52)40(56)44-20-48)14-10-24(32(26)34)23-9-13-27(33(29)31(23)25)35(51)39(55)43-19-47/h9-16,19-22H,3-8,17-18H2,1-2H3,(H,43,47,55)(H,44,48,56). The van der Waals surface area contributed by atoms with Crippen molar-refractivity contribution in [3.05, 3.63) is 70.8 Å². The van der Waals surface area contributed by atoms with Crippen molar-refractivity contribution in [1.82, 2.24) is 20.4 Å². The summed E-state index contributed by atoms with van der Waals surface area (Å²) in [6.45, 7) is 3.68. The number of rotatable bonds is 20. The SMILES string of the molecule is CCCCCN(C=O)C(=O)C(=O)c1ccc2c3ccc(C(=O)C(=O)N(C=O)CCCCC)c4c(C(=O)C(=O)NC=O)ccc(c5ccc(C(=O)C(=O)NC=O)c1c52)c43. The highest BCUT2D eigenvalue weighted by atomic mass is 16.2. The number of benzene rings is 5. The number of ketones is 4. The van der Waals surface area contributed by atoms with E-state index in [-0.39, 0.29) is 104 Å². The van der Waals surface area contributed by atoms with Crippen LogP contribution in [0.15, 0.2) is 48.5 Å². The van der Waals surface area contributed by atoms with Gasteiger partial charge in [-0.1, -0.05) is 63.8 Å². The number of hydrogen-bond acceptors (Lipinski definition) is 12. The van der Waals surface area contributed by atoms with Gasteiger partial charge in [-0.05, 0) is 69.4 Å². The lowest BCUT2D eigenvalue weighted by atomic mass is 9.82. The van der Waals surface area contributed by atoms with Gasteiger partial charge < -0.3 is 0 Å². The van der Waals surface area contributed by atoms with Crippen LogP contribution in [0.1, 0.15) is 93.8 Å². The Morgan fingerprint density at radius 2 is 0.759 bits per heavy atom. The molecule has 0 saturated heterocycles. The average Bonchev–Trinajstić information content (AvgIpc) is 3.24. The maximum atomic E-state index is 14.0. The van der Waals surface area contributed by atoms with Gasteiger partial charge in [-0.25, -0.2) is 0 Å². The first-order chi connectivity index (χ1) is 27.9. The predicted molar refractivity (Wildman–Crippen MR) is 208 cm³/mol. The summed E-state index contributed by atoms with van der Waals surface area (Å²) in [6.07, 6.45) is 4.10. The van der Waals surface area contributed by atoms with E-state index in [1.807, 2.05) is 13.8 Å². The van der Waals surface area contributed by atoms with Crippen molar-refractivity contribution in [2.75, 3.05) is 13.1 Å². The molecule has 5 rings (SSSR count). The summed E-state index contributed by atoms with van der Waals surface area (Å²) in [7, 11) is 0. The second-order valence-electron chi connectivity index (χ2n) is 13.3. The molecule has 5 aromatic rings. The molecule has 5 aromatic carbocycles. The smallest absolute Gasteiger partial charge is 0.292 e. The molecule has 296 valence electrons. The third kappa shape index (κ3) is 7.58. The third-order valence-electron chi connectivity index (χ3n) is 9.84. The van der Waals surface area contributed by atoms with E-state index in [1.54, 1.807) is 10.6 Å². The average molecular weight is 789 g/mol. The van der Waals surface area contributed by atoms with Crippen LogP contribution in [0.3, 0.4) is 0 Å². The normalized spacial score (nSPS) is 10.9. The molecular weight excluding hydrogens is 752 g/mol. The largest absolute Gasteiger partial charge is 0.301 e. The minimum Gasteiger partial charge on any atom is -0.292 e. The van der Waals surface area contributed by atoms with Crippen molar-refractivity contribution >= 4 is 115 Å². The highest BCUT2D eigenvalue weighted by molar-refractivity contribution is 6.54. The van der Waals surface area contributed by atoms with Crippen molar-refractivity contribution in [1.29, 1.82) is 0 Å². The summed E-state index contributed by atoms with van der Waals surface area (Å²) < 4.78 is 0. The van der Waals surface area contributed by atoms with E-state index in [1.165, 1.54) is 48.5 Å². The van der Waals surface area contributed by atoms with Crippen LogP contribution in [0.5, 0.6) is 0 Å². The van der Waals surface area contributed by atoms with Gasteiger partial charge in [0, 0.05) is 46.1 Å². The van der Waals surface area contributed by atoms with Crippen LogP contribution in [0.25, 0.3) is 43.1 Å². The fraction of sp³-hybridized carbons (Fsp3) is 0.238. The van der Waals surface area contributed by atoms with E-state index in [4.69, 9.17) is 0 Å². The van der Waals surface area contributed by atoms with Crippen molar-refractivity contribution in [2.24, 2.45) is 0 Å². The molecule has 0 aliphatic heterocycles. The second-order valence-corrected chi connectivity index (χ2v) is 13.3. The number of carbonyl (C=O) groups is 12. The highest BCUT2D eigenvalue weighted by Gasteiger charge is 2.33. The maximum absolute atomic E-state index is 14.0. The van der Waals surface area contributed by atoms with Crippen molar-refractivity contribution < 1.29 is 57.5 Å². The number of amides is 8. The monoisotopic (exact) mass is 788 g/mol. The minimum absolute atomic E-state index is 0.00641. The molecule has 0 atom stereocenters. The number of fused-ring (bicyclic) bond motifs is 2. The Morgan fingerprint density at radius 3 is 1.03 bits per heavy atom. The van der Waals surface area contributed by atoms with Crippen LogP contribution in [-0.2, 0) is 38.4 Å². The molecule has 0 aliphatic rings. The van der Waals surface area contributed by atoms with Crippen LogP contribution in [0, 0.1) is 0 Å². The van der Waals surface area contributed by atoms with Gasteiger partial charge in [-0.15, -0.1) is 0 Å². The van der Waals surface area contributed by atoms with Gasteiger partial charge in [-0.2, -0.15) is 0 Å². The Balaban J connectivity index is 1.89. The number of Topliss-reactive ketones (excluding diaryl/α,β-unsaturated/α-hetero) is 4. The van der Waals surface area contributed by atoms with E-state index in [0.717, 1.165) is 12.8 Å². The molecule has 16 nitrogen and oxygen atoms in total. The molecule has 2 N–H and O–H groups in total. The van der Waals surface area contributed by atoms with Gasteiger partial charge in [0.05, 0.1) is 0 Å². The van der Waals surface area contributed by atoms with Crippen LogP contribution in [0.4, 0.5) is 0 Å². The zero-order valence-corrected chi connectivity index (χ0v) is 31.4. The number of imide groups is 4. The quantitative estimate of drug-likeness (QED) is 0.0289. The molecule has 0 bridgehead atoms. The first kappa shape index (κ1) is 41.8. The lowest BCUT2D eigenvalue weighted by molar-refractivity contribution is -0.136. The summed E-state index contributed by atoms with van der Waals surface area (Å²) in [6, 6.07) is 10.4. The van der Waals surface area contributed by atoms with Gasteiger partial charge in [0.25, 0.3) is 34.9 Å². The molecule has 0 unspecified atom stereocenters. The van der Waals surface area contributed by atoms with E-state index >= 15 is 0 Å². The molecule has 0 aliphatic carbocycles. The lowest BCUT2D eigenvalue weighted by Gasteiger charge is -2.21. The van der Waals surface area contributed by atoms with E-state index in [9.17, 15) is 57.5 Å². The Labute approximate surface area is 329 Å². The molecule has 8 amide bonds. The summed E-state index contributed by atoms with van der Waals surface area (Å²) in [5.41, 5.74) is -1.49. The highest BCUT2D eigenvalue weighted by Crippen LogP contribution is 2.44. The molecule has 0 radical (unpaired) electrons. The number of carbonyl (C=O) groups excluding carboxylic acids is 12. The van der Waals surface area contributed by atoms with Crippen molar-refractivity contribution in [2.45, 2.75) is 52.4 Å². The van der Waals surface area contributed by atoms with Crippen molar-refractivity contribution in [3.63, 3.8) is 0 Å². The van der Waals surface area contributed by atoms with Crippen LogP contribution in [0.2, 0.25) is 0 Å². The molecule has 0 spiro atoms. The first-order valence-electron chi connectivity index (χ1n) is 18.3. The van der Waals surface area contributed by atoms with Crippen LogP contribution < -0.4 is 10.6 Å². The number of unbranched alkanes of at least 4 members (excludes halogenated alkanes) is 4. The van der Waals surface area contributed by atoms with Gasteiger partial charge in [0.2, 0.25) is 25.6 Å².